The van der Waals surface area contributed by atoms with Gasteiger partial charge >= 0.3 is 0 Å². The quantitative estimate of drug-likeness (QED) is 0.381. The van der Waals surface area contributed by atoms with Gasteiger partial charge in [0.05, 0.1) is 5.69 Å². The van der Waals surface area contributed by atoms with Gasteiger partial charge in [0, 0.05) is 22.7 Å². The second-order valence-electron chi connectivity index (χ2n) is 8.04. The first kappa shape index (κ1) is 13.7. The second-order valence-corrected chi connectivity index (χ2v) is 8.04. The Morgan fingerprint density at radius 1 is 0.774 bits per heavy atom. The number of hydrogen-bond donors (Lipinski definition) is 0. The summed E-state index contributed by atoms with van der Waals surface area (Å²) in [7, 11) is 0. The number of rotatable bonds is 1. The molecule has 2 aliphatic heterocycles. The molecule has 0 fully saturated rings. The summed E-state index contributed by atoms with van der Waals surface area (Å²) in [6.45, 7) is -0.0620. The van der Waals surface area contributed by atoms with Crippen LogP contribution in [0.2, 0.25) is 0 Å². The smallest absolute Gasteiger partial charge is 0.260 e. The van der Waals surface area contributed by atoms with E-state index in [1.165, 1.54) is 6.20 Å². The first-order valence-corrected chi connectivity index (χ1v) is 10.6. The largest absolute Gasteiger partial charge is 0.458 e. The summed E-state index contributed by atoms with van der Waals surface area (Å²) < 4.78 is 46.6. The molecule has 4 aromatic rings. The van der Waals surface area contributed by atoms with Crippen LogP contribution in [0.5, 0.6) is 23.0 Å². The lowest BCUT2D eigenvalue weighted by atomic mass is 9.34. The van der Waals surface area contributed by atoms with Crippen molar-refractivity contribution in [3.05, 3.63) is 84.1 Å². The van der Waals surface area contributed by atoms with Crippen molar-refractivity contribution in [2.75, 3.05) is 0 Å². The molecule has 0 radical (unpaired) electrons. The van der Waals surface area contributed by atoms with Gasteiger partial charge in [-0.25, -0.2) is 0 Å². The molecule has 1 aliphatic carbocycles. The molecular weight excluding hydrogens is 381 g/mol. The monoisotopic (exact) mass is 405 g/mol. The third-order valence-corrected chi connectivity index (χ3v) is 6.27. The second kappa shape index (κ2) is 6.48. The minimum absolute atomic E-state index is 0.0620. The molecule has 148 valence electrons. The molecule has 7 rings (SSSR count). The van der Waals surface area contributed by atoms with Crippen LogP contribution in [0.15, 0.2) is 72.9 Å². The highest BCUT2D eigenvalue weighted by Crippen LogP contribution is 2.40. The highest BCUT2D eigenvalue weighted by molar-refractivity contribution is 6.98. The fourth-order valence-corrected chi connectivity index (χ4v) is 4.87. The van der Waals surface area contributed by atoms with Crippen LogP contribution in [0.4, 0.5) is 0 Å². The van der Waals surface area contributed by atoms with Gasteiger partial charge in [-0.3, -0.25) is 4.98 Å². The third-order valence-electron chi connectivity index (χ3n) is 6.27. The third kappa shape index (κ3) is 2.51. The standard InChI is InChI=1S/C27H20BNO2/c1-2-8-18-16-29-22(15-17(18)7-1)19-13-14-25-26-27(19)31-24-12-6-4-10-21(24)28(26)20-9-3-5-11-23(20)30-25/h3-6,9-16H,1-2,7-8H2/i7D2,8D2. The van der Waals surface area contributed by atoms with Crippen molar-refractivity contribution in [3.63, 3.8) is 0 Å². The fourth-order valence-electron chi connectivity index (χ4n) is 4.87. The van der Waals surface area contributed by atoms with Crippen LogP contribution in [0, 0.1) is 0 Å². The van der Waals surface area contributed by atoms with E-state index in [9.17, 15) is 0 Å². The lowest BCUT2D eigenvalue weighted by Crippen LogP contribution is -2.57. The molecule has 0 saturated heterocycles. The minimum atomic E-state index is -1.62. The van der Waals surface area contributed by atoms with E-state index in [0.717, 1.165) is 39.2 Å². The molecule has 3 nitrogen and oxygen atoms in total. The lowest BCUT2D eigenvalue weighted by Gasteiger charge is -2.33. The molecule has 0 atom stereocenters. The molecule has 0 unspecified atom stereocenters. The zero-order valence-corrected chi connectivity index (χ0v) is 16.7. The number of fused-ring (bicyclic) bond motifs is 5. The number of para-hydroxylation sites is 2. The van der Waals surface area contributed by atoms with Gasteiger partial charge in [-0.15, -0.1) is 0 Å². The van der Waals surface area contributed by atoms with E-state index in [1.807, 2.05) is 48.5 Å². The SMILES string of the molecule is [2H]C1([2H])CCC([2H])([2H])c2cc(-c3ccc4c5c3Oc3ccccc3B5c3ccccc3O4)ncc21. The number of aromatic nitrogens is 1. The Kier molecular flexibility index (Phi) is 2.87. The van der Waals surface area contributed by atoms with Gasteiger partial charge in [0.2, 0.25) is 0 Å². The Morgan fingerprint density at radius 2 is 1.48 bits per heavy atom. The van der Waals surface area contributed by atoms with E-state index in [2.05, 4.69) is 17.1 Å². The topological polar surface area (TPSA) is 31.4 Å². The Bertz CT molecular complexity index is 1530. The van der Waals surface area contributed by atoms with E-state index in [4.69, 9.17) is 15.0 Å². The number of ether oxygens (including phenoxy) is 2. The summed E-state index contributed by atoms with van der Waals surface area (Å²) in [6.07, 6.45) is -1.47. The van der Waals surface area contributed by atoms with Crippen LogP contribution in [-0.4, -0.2) is 11.7 Å². The molecular formula is C27H20BNO2. The summed E-state index contributed by atoms with van der Waals surface area (Å²) in [5, 5.41) is 0. The van der Waals surface area contributed by atoms with Crippen LogP contribution in [-0.2, 0) is 12.7 Å². The maximum Gasteiger partial charge on any atom is 0.260 e. The molecule has 0 bridgehead atoms. The zero-order chi connectivity index (χ0) is 23.9. The highest BCUT2D eigenvalue weighted by Gasteiger charge is 2.41. The molecule has 1 aromatic heterocycles. The highest BCUT2D eigenvalue weighted by atomic mass is 16.5. The Hall–Kier alpha value is -3.53. The summed E-state index contributed by atoms with van der Waals surface area (Å²) in [4.78, 5) is 4.60. The summed E-state index contributed by atoms with van der Waals surface area (Å²) in [6, 6.07) is 21.5. The first-order valence-electron chi connectivity index (χ1n) is 12.6. The van der Waals surface area contributed by atoms with Gasteiger partial charge in [0.1, 0.15) is 23.0 Å². The average Bonchev–Trinajstić information content (AvgIpc) is 2.86. The van der Waals surface area contributed by atoms with Crippen LogP contribution in [0.25, 0.3) is 11.3 Å². The van der Waals surface area contributed by atoms with Gasteiger partial charge in [-0.2, -0.15) is 0 Å². The molecule has 0 saturated carbocycles. The number of aryl methyl sites for hydroxylation is 2. The number of pyridine rings is 1. The predicted molar refractivity (Wildman–Crippen MR) is 124 cm³/mol. The van der Waals surface area contributed by atoms with E-state index < -0.39 is 12.7 Å². The van der Waals surface area contributed by atoms with Gasteiger partial charge in [0.15, 0.2) is 0 Å². The minimum Gasteiger partial charge on any atom is -0.458 e. The normalized spacial score (nSPS) is 20.2. The van der Waals surface area contributed by atoms with Crippen LogP contribution in [0.1, 0.15) is 29.5 Å². The molecule has 0 amide bonds. The van der Waals surface area contributed by atoms with E-state index in [1.54, 1.807) is 6.07 Å². The Morgan fingerprint density at radius 3 is 2.29 bits per heavy atom. The maximum absolute atomic E-state index is 8.54. The Labute approximate surface area is 187 Å². The van der Waals surface area contributed by atoms with Gasteiger partial charge < -0.3 is 9.47 Å². The van der Waals surface area contributed by atoms with Crippen molar-refractivity contribution in [1.82, 2.24) is 4.98 Å². The molecule has 3 heterocycles. The number of hydrogen-bond acceptors (Lipinski definition) is 3. The van der Waals surface area contributed by atoms with Gasteiger partial charge in [0.25, 0.3) is 6.71 Å². The number of benzene rings is 3. The molecule has 31 heavy (non-hydrogen) atoms. The first-order chi connectivity index (χ1) is 16.8. The van der Waals surface area contributed by atoms with E-state index in [0.29, 0.717) is 22.6 Å². The summed E-state index contributed by atoms with van der Waals surface area (Å²) in [5.41, 5.74) is 5.03. The summed E-state index contributed by atoms with van der Waals surface area (Å²) >= 11 is 0. The van der Waals surface area contributed by atoms with Crippen LogP contribution >= 0.6 is 0 Å². The van der Waals surface area contributed by atoms with Crippen molar-refractivity contribution in [2.24, 2.45) is 0 Å². The van der Waals surface area contributed by atoms with Crippen molar-refractivity contribution >= 4 is 23.1 Å². The van der Waals surface area contributed by atoms with E-state index >= 15 is 0 Å². The Balaban J connectivity index is 1.46. The van der Waals surface area contributed by atoms with Gasteiger partial charge in [-0.05, 0) is 78.0 Å². The van der Waals surface area contributed by atoms with Crippen molar-refractivity contribution < 1.29 is 15.0 Å². The van der Waals surface area contributed by atoms with Crippen molar-refractivity contribution in [3.8, 4) is 34.3 Å². The predicted octanol–water partition coefficient (Wildman–Crippen LogP) is 4.36. The molecule has 4 heteroatoms. The number of nitrogens with zero attached hydrogens (tertiary/aromatic N) is 1. The maximum atomic E-state index is 8.54. The van der Waals surface area contributed by atoms with Crippen LogP contribution in [0.3, 0.4) is 0 Å². The molecule has 3 aliphatic rings. The van der Waals surface area contributed by atoms with Crippen molar-refractivity contribution in [1.29, 1.82) is 0 Å². The summed E-state index contributed by atoms with van der Waals surface area (Å²) in [5.74, 6) is 2.96. The lowest BCUT2D eigenvalue weighted by molar-refractivity contribution is 0.465. The molecule has 3 aromatic carbocycles. The van der Waals surface area contributed by atoms with Crippen LogP contribution < -0.4 is 25.9 Å². The molecule has 0 N–H and O–H groups in total. The van der Waals surface area contributed by atoms with E-state index in [-0.39, 0.29) is 19.6 Å². The van der Waals surface area contributed by atoms with Crippen molar-refractivity contribution in [2.45, 2.75) is 25.6 Å². The average molecular weight is 405 g/mol. The zero-order valence-electron chi connectivity index (χ0n) is 20.7. The molecule has 0 spiro atoms. The van der Waals surface area contributed by atoms with Gasteiger partial charge in [-0.1, -0.05) is 36.4 Å². The fraction of sp³-hybridized carbons (Fsp3) is 0.148.